The molecule has 4 nitrogen and oxygen atoms in total. The fourth-order valence-electron chi connectivity index (χ4n) is 1.34. The molecule has 0 atom stereocenters. The van der Waals surface area contributed by atoms with Gasteiger partial charge in [0, 0.05) is 20.0 Å². The molecule has 0 spiro atoms. The Balaban J connectivity index is 2.42. The first-order chi connectivity index (χ1) is 6.65. The van der Waals surface area contributed by atoms with Gasteiger partial charge in [-0.25, -0.2) is 0 Å². The molecule has 1 saturated heterocycles. The van der Waals surface area contributed by atoms with E-state index in [1.165, 1.54) is 4.90 Å². The summed E-state index contributed by atoms with van der Waals surface area (Å²) in [5.74, 6) is 2.50. The van der Waals surface area contributed by atoms with Crippen LogP contribution in [0.25, 0.3) is 0 Å². The molecule has 0 saturated carbocycles. The number of nitrogens with zero attached hydrogens (tertiary/aromatic N) is 2. The number of hydrogen-bond donors (Lipinski definition) is 0. The molecule has 0 aromatic rings. The van der Waals surface area contributed by atoms with Crippen molar-refractivity contribution < 1.29 is 9.59 Å². The maximum absolute atomic E-state index is 11.4. The lowest BCUT2D eigenvalue weighted by atomic mass is 10.2. The number of likely N-dealkylation sites (N-methyl/N-ethyl adjacent to an activating group) is 1. The lowest BCUT2D eigenvalue weighted by molar-refractivity contribution is -0.148. The van der Waals surface area contributed by atoms with E-state index >= 15 is 0 Å². The van der Waals surface area contributed by atoms with Crippen molar-refractivity contribution in [1.82, 2.24) is 9.80 Å². The number of amides is 2. The third-order valence-electron chi connectivity index (χ3n) is 2.23. The van der Waals surface area contributed by atoms with Crippen LogP contribution in [0, 0.1) is 12.3 Å². The minimum Gasteiger partial charge on any atom is -0.335 e. The molecule has 0 aliphatic carbocycles. The number of carbonyl (C=O) groups is 2. The van der Waals surface area contributed by atoms with Gasteiger partial charge >= 0.3 is 0 Å². The Hall–Kier alpha value is -1.50. The summed E-state index contributed by atoms with van der Waals surface area (Å²) < 4.78 is 0. The fraction of sp³-hybridized carbons (Fsp3) is 0.600. The van der Waals surface area contributed by atoms with E-state index in [1.54, 1.807) is 11.9 Å². The van der Waals surface area contributed by atoms with E-state index in [9.17, 15) is 9.59 Å². The molecule has 14 heavy (non-hydrogen) atoms. The number of hydrogen-bond acceptors (Lipinski definition) is 2. The van der Waals surface area contributed by atoms with Crippen LogP contribution in [0.3, 0.4) is 0 Å². The molecule has 1 heterocycles. The van der Waals surface area contributed by atoms with E-state index in [1.807, 2.05) is 0 Å². The molecule has 1 fully saturated rings. The van der Waals surface area contributed by atoms with Gasteiger partial charge in [-0.2, -0.15) is 0 Å². The van der Waals surface area contributed by atoms with E-state index < -0.39 is 0 Å². The number of rotatable bonds is 3. The summed E-state index contributed by atoms with van der Waals surface area (Å²) in [6, 6.07) is 0. The number of piperazine rings is 1. The van der Waals surface area contributed by atoms with Crippen LogP contribution in [0.2, 0.25) is 0 Å². The maximum atomic E-state index is 11.4. The molecule has 76 valence electrons. The first kappa shape index (κ1) is 10.6. The Morgan fingerprint density at radius 1 is 1.36 bits per heavy atom. The highest BCUT2D eigenvalue weighted by Gasteiger charge is 2.26. The van der Waals surface area contributed by atoms with Gasteiger partial charge in [0.25, 0.3) is 0 Å². The second-order valence-corrected chi connectivity index (χ2v) is 3.37. The molecule has 1 aliphatic heterocycles. The topological polar surface area (TPSA) is 40.6 Å². The molecule has 0 N–H and O–H groups in total. The van der Waals surface area contributed by atoms with Gasteiger partial charge in [0.2, 0.25) is 11.8 Å². The SMILES string of the molecule is C#CCCCN1CC(=O)N(C)CC1=O. The number of unbranched alkanes of at least 4 members (excludes halogenated alkanes) is 1. The van der Waals surface area contributed by atoms with E-state index in [0.717, 1.165) is 6.42 Å². The van der Waals surface area contributed by atoms with Crippen LogP contribution in [0.5, 0.6) is 0 Å². The lowest BCUT2D eigenvalue weighted by Crippen LogP contribution is -2.52. The van der Waals surface area contributed by atoms with Gasteiger partial charge in [-0.05, 0) is 6.42 Å². The summed E-state index contributed by atoms with van der Waals surface area (Å²) in [5.41, 5.74) is 0. The van der Waals surface area contributed by atoms with Crippen molar-refractivity contribution in [2.45, 2.75) is 12.8 Å². The highest BCUT2D eigenvalue weighted by Crippen LogP contribution is 2.04. The average Bonchev–Trinajstić information content (AvgIpc) is 2.14. The molecule has 1 aliphatic rings. The van der Waals surface area contributed by atoms with Gasteiger partial charge < -0.3 is 9.80 Å². The molecule has 2 amide bonds. The van der Waals surface area contributed by atoms with Gasteiger partial charge in [-0.15, -0.1) is 12.3 Å². The molecular weight excluding hydrogens is 180 g/mol. The highest BCUT2D eigenvalue weighted by molar-refractivity contribution is 5.92. The summed E-state index contributed by atoms with van der Waals surface area (Å²) in [5, 5.41) is 0. The third-order valence-corrected chi connectivity index (χ3v) is 2.23. The normalized spacial score (nSPS) is 17.1. The zero-order valence-corrected chi connectivity index (χ0v) is 8.32. The van der Waals surface area contributed by atoms with Crippen molar-refractivity contribution >= 4 is 11.8 Å². The standard InChI is InChI=1S/C10H14N2O2/c1-3-4-5-6-12-8-9(13)11(2)7-10(12)14/h1H,4-8H2,2H3. The van der Waals surface area contributed by atoms with Crippen molar-refractivity contribution in [1.29, 1.82) is 0 Å². The van der Waals surface area contributed by atoms with Crippen LogP contribution in [0.15, 0.2) is 0 Å². The van der Waals surface area contributed by atoms with Crippen molar-refractivity contribution in [2.24, 2.45) is 0 Å². The Morgan fingerprint density at radius 3 is 2.71 bits per heavy atom. The van der Waals surface area contributed by atoms with Crippen LogP contribution in [0.4, 0.5) is 0 Å². The van der Waals surface area contributed by atoms with Crippen LogP contribution < -0.4 is 0 Å². The summed E-state index contributed by atoms with van der Waals surface area (Å²) >= 11 is 0. The highest BCUT2D eigenvalue weighted by atomic mass is 16.2. The van der Waals surface area contributed by atoms with Crippen molar-refractivity contribution in [3.63, 3.8) is 0 Å². The summed E-state index contributed by atoms with van der Waals surface area (Å²) in [4.78, 5) is 25.7. The second kappa shape index (κ2) is 4.66. The zero-order chi connectivity index (χ0) is 10.6. The van der Waals surface area contributed by atoms with E-state index in [0.29, 0.717) is 13.0 Å². The predicted molar refractivity (Wildman–Crippen MR) is 52.3 cm³/mol. The third kappa shape index (κ3) is 2.49. The zero-order valence-electron chi connectivity index (χ0n) is 8.32. The minimum absolute atomic E-state index is 0.00382. The molecule has 0 radical (unpaired) electrons. The molecule has 0 aromatic carbocycles. The monoisotopic (exact) mass is 194 g/mol. The van der Waals surface area contributed by atoms with E-state index in [4.69, 9.17) is 6.42 Å². The smallest absolute Gasteiger partial charge is 0.242 e. The molecular formula is C10H14N2O2. The first-order valence-electron chi connectivity index (χ1n) is 4.60. The first-order valence-corrected chi connectivity index (χ1v) is 4.60. The lowest BCUT2D eigenvalue weighted by Gasteiger charge is -2.31. The molecule has 0 aromatic heterocycles. The number of terminal acetylenes is 1. The van der Waals surface area contributed by atoms with Crippen molar-refractivity contribution in [3.8, 4) is 12.3 Å². The summed E-state index contributed by atoms with van der Waals surface area (Å²) in [6.07, 6.45) is 6.51. The van der Waals surface area contributed by atoms with Gasteiger partial charge in [0.1, 0.15) is 0 Å². The molecule has 0 unspecified atom stereocenters. The molecule has 4 heteroatoms. The van der Waals surface area contributed by atoms with Crippen molar-refractivity contribution in [2.75, 3.05) is 26.7 Å². The van der Waals surface area contributed by atoms with Crippen LogP contribution in [-0.2, 0) is 9.59 Å². The fourth-order valence-corrected chi connectivity index (χ4v) is 1.34. The quantitative estimate of drug-likeness (QED) is 0.457. The second-order valence-electron chi connectivity index (χ2n) is 3.37. The molecule has 0 bridgehead atoms. The molecule has 1 rings (SSSR count). The average molecular weight is 194 g/mol. The predicted octanol–water partition coefficient (Wildman–Crippen LogP) is -0.300. The van der Waals surface area contributed by atoms with Gasteiger partial charge in [0.05, 0.1) is 13.1 Å². The largest absolute Gasteiger partial charge is 0.335 e. The minimum atomic E-state index is -0.00897. The van der Waals surface area contributed by atoms with Crippen molar-refractivity contribution in [3.05, 3.63) is 0 Å². The summed E-state index contributed by atoms with van der Waals surface area (Å²) in [7, 11) is 1.64. The van der Waals surface area contributed by atoms with E-state index in [2.05, 4.69) is 5.92 Å². The Kier molecular flexibility index (Phi) is 3.52. The Labute approximate surface area is 83.9 Å². The number of carbonyl (C=O) groups excluding carboxylic acids is 2. The van der Waals surface area contributed by atoms with Gasteiger partial charge in [-0.1, -0.05) is 0 Å². The van der Waals surface area contributed by atoms with E-state index in [-0.39, 0.29) is 24.9 Å². The summed E-state index contributed by atoms with van der Waals surface area (Å²) in [6.45, 7) is 0.970. The Bertz CT molecular complexity index is 280. The van der Waals surface area contributed by atoms with Crippen LogP contribution in [-0.4, -0.2) is 48.3 Å². The van der Waals surface area contributed by atoms with Gasteiger partial charge in [0.15, 0.2) is 0 Å². The van der Waals surface area contributed by atoms with Crippen LogP contribution >= 0.6 is 0 Å². The van der Waals surface area contributed by atoms with Gasteiger partial charge in [-0.3, -0.25) is 9.59 Å². The van der Waals surface area contributed by atoms with Crippen LogP contribution in [0.1, 0.15) is 12.8 Å². The Morgan fingerprint density at radius 2 is 2.07 bits per heavy atom. The maximum Gasteiger partial charge on any atom is 0.242 e.